The Morgan fingerprint density at radius 2 is 2.06 bits per heavy atom. The van der Waals surface area contributed by atoms with Gasteiger partial charge in [-0.15, -0.1) is 0 Å². The van der Waals surface area contributed by atoms with Crippen LogP contribution in [0.25, 0.3) is 11.0 Å². The number of anilines is 1. The number of unbranched alkanes of at least 4 members (excludes halogenated alkanes) is 1. The van der Waals surface area contributed by atoms with E-state index in [0.717, 1.165) is 56.0 Å². The zero-order valence-corrected chi connectivity index (χ0v) is 19.6. The van der Waals surface area contributed by atoms with Crippen LogP contribution in [0.3, 0.4) is 0 Å². The fraction of sp³-hybridized carbons (Fsp3) is 0.667. The van der Waals surface area contributed by atoms with Gasteiger partial charge in [0.05, 0.1) is 16.8 Å². The predicted octanol–water partition coefficient (Wildman–Crippen LogP) is 4.36. The van der Waals surface area contributed by atoms with Gasteiger partial charge in [-0.1, -0.05) is 51.6 Å². The number of nitrogens with one attached hydrogen (secondary N) is 3. The minimum Gasteiger partial charge on any atom is -0.490 e. The van der Waals surface area contributed by atoms with Crippen molar-refractivity contribution in [1.82, 2.24) is 15.8 Å². The molecule has 4 N–H and O–H groups in total. The zero-order chi connectivity index (χ0) is 22.9. The van der Waals surface area contributed by atoms with Crippen molar-refractivity contribution in [3.63, 3.8) is 0 Å². The van der Waals surface area contributed by atoms with E-state index in [1.54, 1.807) is 6.07 Å². The van der Waals surface area contributed by atoms with Crippen molar-refractivity contribution in [2.75, 3.05) is 18.5 Å². The number of aromatic nitrogens is 1. The average Bonchev–Trinajstić information content (AvgIpc) is 3.21. The number of carbonyl (C=O) groups is 1. The van der Waals surface area contributed by atoms with Crippen molar-refractivity contribution >= 4 is 22.7 Å². The number of aliphatic hydroxyl groups excluding tert-OH is 1. The zero-order valence-electron chi connectivity index (χ0n) is 19.6. The molecule has 1 aromatic carbocycles. The van der Waals surface area contributed by atoms with E-state index in [1.807, 2.05) is 19.9 Å². The predicted molar refractivity (Wildman–Crippen MR) is 126 cm³/mol. The first-order valence-corrected chi connectivity index (χ1v) is 12.0. The number of carbonyl (C=O) groups excluding carboxylic acids is 1. The second kappa shape index (κ2) is 12.1. The number of nitrogens with zero attached hydrogens (tertiary/aromatic N) is 1. The van der Waals surface area contributed by atoms with Crippen molar-refractivity contribution in [2.45, 2.75) is 90.3 Å². The van der Waals surface area contributed by atoms with Crippen molar-refractivity contribution in [1.29, 1.82) is 0 Å². The van der Waals surface area contributed by atoms with Crippen LogP contribution in [0.15, 0.2) is 16.7 Å². The van der Waals surface area contributed by atoms with E-state index in [-0.39, 0.29) is 18.7 Å². The van der Waals surface area contributed by atoms with Gasteiger partial charge in [0.1, 0.15) is 18.5 Å². The topological polar surface area (TPSA) is 109 Å². The lowest BCUT2D eigenvalue weighted by Gasteiger charge is -2.22. The summed E-state index contributed by atoms with van der Waals surface area (Å²) in [7, 11) is 0. The molecule has 2 amide bonds. The molecule has 1 unspecified atom stereocenters. The normalized spacial score (nSPS) is 15.8. The summed E-state index contributed by atoms with van der Waals surface area (Å²) in [5.74, 6) is 0.606. The molecule has 1 aliphatic carbocycles. The van der Waals surface area contributed by atoms with E-state index in [4.69, 9.17) is 9.26 Å². The summed E-state index contributed by atoms with van der Waals surface area (Å²) >= 11 is 0. The third kappa shape index (κ3) is 6.84. The summed E-state index contributed by atoms with van der Waals surface area (Å²) in [6.45, 7) is 6.80. The molecule has 32 heavy (non-hydrogen) atoms. The number of hydrogen-bond acceptors (Lipinski definition) is 6. The highest BCUT2D eigenvalue weighted by molar-refractivity contribution is 6.01. The molecule has 1 atom stereocenters. The number of aliphatic hydroxyl groups is 1. The molecular formula is C24H38N4O4. The van der Waals surface area contributed by atoms with Crippen LogP contribution in [0.4, 0.5) is 10.5 Å². The molecule has 8 heteroatoms. The van der Waals surface area contributed by atoms with Crippen LogP contribution in [0.5, 0.6) is 5.75 Å². The number of urea groups is 1. The van der Waals surface area contributed by atoms with E-state index in [1.165, 1.54) is 6.42 Å². The third-order valence-corrected chi connectivity index (χ3v) is 5.80. The lowest BCUT2D eigenvalue weighted by atomic mass is 9.96. The van der Waals surface area contributed by atoms with Crippen molar-refractivity contribution in [3.8, 4) is 5.75 Å². The molecule has 8 nitrogen and oxygen atoms in total. The van der Waals surface area contributed by atoms with E-state index in [9.17, 15) is 9.90 Å². The maximum absolute atomic E-state index is 12.6. The molecule has 0 bridgehead atoms. The minimum atomic E-state index is -0.634. The molecule has 0 saturated heterocycles. The summed E-state index contributed by atoms with van der Waals surface area (Å²) in [5, 5.41) is 24.5. The average molecular weight is 447 g/mol. The molecule has 3 rings (SSSR count). The van der Waals surface area contributed by atoms with E-state index >= 15 is 0 Å². The molecule has 0 spiro atoms. The largest absolute Gasteiger partial charge is 0.490 e. The van der Waals surface area contributed by atoms with Crippen molar-refractivity contribution in [3.05, 3.63) is 17.8 Å². The second-order valence-corrected chi connectivity index (χ2v) is 9.01. The lowest BCUT2D eigenvalue weighted by Crippen LogP contribution is -2.39. The SMILES string of the molecule is CCCCc1noc2c(NC(=O)NC3CCCCC3)ccc(OCC(O)CNC(C)C)c12. The quantitative estimate of drug-likeness (QED) is 0.408. The fourth-order valence-electron chi connectivity index (χ4n) is 4.02. The summed E-state index contributed by atoms with van der Waals surface area (Å²) in [5.41, 5.74) is 1.88. The standard InChI is InChI=1S/C24H38N4O4/c1-4-5-11-19-22-21(31-15-18(29)14-25-16(2)3)13-12-20(23(22)32-28-19)27-24(30)26-17-9-7-6-8-10-17/h12-13,16-18,25,29H,4-11,14-15H2,1-3H3,(H2,26,27,30). The number of aryl methyl sites for hydroxylation is 1. The van der Waals surface area contributed by atoms with Crippen LogP contribution < -0.4 is 20.7 Å². The van der Waals surface area contributed by atoms with Gasteiger partial charge in [0.25, 0.3) is 0 Å². The number of rotatable bonds is 11. The Morgan fingerprint density at radius 3 is 2.78 bits per heavy atom. The van der Waals surface area contributed by atoms with Gasteiger partial charge in [-0.25, -0.2) is 4.79 Å². The summed E-state index contributed by atoms with van der Waals surface area (Å²) < 4.78 is 11.6. The van der Waals surface area contributed by atoms with E-state index in [0.29, 0.717) is 29.6 Å². The Balaban J connectivity index is 1.74. The molecule has 0 radical (unpaired) electrons. The maximum Gasteiger partial charge on any atom is 0.319 e. The van der Waals surface area contributed by atoms with Crippen LogP contribution in [-0.2, 0) is 6.42 Å². The van der Waals surface area contributed by atoms with Gasteiger partial charge in [-0.05, 0) is 37.8 Å². The molecule has 1 aliphatic rings. The number of benzene rings is 1. The highest BCUT2D eigenvalue weighted by Crippen LogP contribution is 2.35. The number of amides is 2. The molecule has 0 aliphatic heterocycles. The van der Waals surface area contributed by atoms with E-state index in [2.05, 4.69) is 28.0 Å². The van der Waals surface area contributed by atoms with Crippen LogP contribution in [0.1, 0.15) is 71.4 Å². The monoisotopic (exact) mass is 446 g/mol. The van der Waals surface area contributed by atoms with Gasteiger partial charge in [0.2, 0.25) is 0 Å². The van der Waals surface area contributed by atoms with Crippen LogP contribution >= 0.6 is 0 Å². The molecule has 1 heterocycles. The third-order valence-electron chi connectivity index (χ3n) is 5.80. The van der Waals surface area contributed by atoms with Gasteiger partial charge in [-0.3, -0.25) is 0 Å². The van der Waals surface area contributed by atoms with Gasteiger partial charge in [0.15, 0.2) is 5.58 Å². The van der Waals surface area contributed by atoms with Gasteiger partial charge in [-0.2, -0.15) is 0 Å². The van der Waals surface area contributed by atoms with Gasteiger partial charge >= 0.3 is 6.03 Å². The van der Waals surface area contributed by atoms with Crippen LogP contribution in [0, 0.1) is 0 Å². The van der Waals surface area contributed by atoms with Crippen LogP contribution in [-0.4, -0.2) is 47.6 Å². The Labute approximate surface area is 190 Å². The van der Waals surface area contributed by atoms with Crippen LogP contribution in [0.2, 0.25) is 0 Å². The highest BCUT2D eigenvalue weighted by atomic mass is 16.5. The fourth-order valence-corrected chi connectivity index (χ4v) is 4.02. The van der Waals surface area contributed by atoms with Gasteiger partial charge < -0.3 is 30.3 Å². The lowest BCUT2D eigenvalue weighted by molar-refractivity contribution is 0.105. The first kappa shape index (κ1) is 24.3. The molecular weight excluding hydrogens is 408 g/mol. The molecule has 1 saturated carbocycles. The highest BCUT2D eigenvalue weighted by Gasteiger charge is 2.21. The summed E-state index contributed by atoms with van der Waals surface area (Å²) in [4.78, 5) is 12.6. The maximum atomic E-state index is 12.6. The van der Waals surface area contributed by atoms with E-state index < -0.39 is 6.10 Å². The molecule has 2 aromatic rings. The molecule has 1 fully saturated rings. The summed E-state index contributed by atoms with van der Waals surface area (Å²) in [6, 6.07) is 3.87. The smallest absolute Gasteiger partial charge is 0.319 e. The second-order valence-electron chi connectivity index (χ2n) is 9.01. The number of hydrogen-bond donors (Lipinski definition) is 4. The molecule has 1 aromatic heterocycles. The number of ether oxygens (including phenoxy) is 1. The first-order chi connectivity index (χ1) is 15.5. The van der Waals surface area contributed by atoms with Crippen molar-refractivity contribution < 1.29 is 19.2 Å². The number of fused-ring (bicyclic) bond motifs is 1. The van der Waals surface area contributed by atoms with Crippen molar-refractivity contribution in [2.24, 2.45) is 0 Å². The Kier molecular flexibility index (Phi) is 9.17. The Morgan fingerprint density at radius 1 is 1.28 bits per heavy atom. The Hall–Kier alpha value is -2.32. The minimum absolute atomic E-state index is 0.155. The van der Waals surface area contributed by atoms with Gasteiger partial charge in [0, 0.05) is 18.6 Å². The molecule has 178 valence electrons. The first-order valence-electron chi connectivity index (χ1n) is 12.0. The Bertz CT molecular complexity index is 861. The summed E-state index contributed by atoms with van der Waals surface area (Å²) in [6.07, 6.45) is 7.72.